The lowest BCUT2D eigenvalue weighted by Gasteiger charge is -2.07. The van der Waals surface area contributed by atoms with Gasteiger partial charge in [-0.2, -0.15) is 0 Å². The molecule has 0 aliphatic heterocycles. The molecular formula is C21H39NO3. The number of amides is 1. The van der Waals surface area contributed by atoms with Gasteiger partial charge in [0, 0.05) is 19.8 Å². The summed E-state index contributed by atoms with van der Waals surface area (Å²) in [5.74, 6) is 0.676. The molecule has 0 aromatic carbocycles. The van der Waals surface area contributed by atoms with Crippen molar-refractivity contribution in [3.63, 3.8) is 0 Å². The third-order valence-electron chi connectivity index (χ3n) is 4.98. The van der Waals surface area contributed by atoms with Gasteiger partial charge in [0.15, 0.2) is 0 Å². The first kappa shape index (κ1) is 22.2. The van der Waals surface area contributed by atoms with Crippen LogP contribution in [0.5, 0.6) is 0 Å². The topological polar surface area (TPSA) is 47.6 Å². The van der Waals surface area contributed by atoms with Gasteiger partial charge in [0.25, 0.3) is 0 Å². The normalized spacial score (nSPS) is 21.0. The number of nitrogens with one attached hydrogen (secondary N) is 1. The van der Waals surface area contributed by atoms with Crippen molar-refractivity contribution in [2.45, 2.75) is 66.7 Å². The first-order valence-corrected chi connectivity index (χ1v) is 9.99. The van der Waals surface area contributed by atoms with E-state index in [4.69, 9.17) is 9.47 Å². The molecule has 0 heterocycles. The van der Waals surface area contributed by atoms with Crippen LogP contribution in [0, 0.1) is 17.3 Å². The van der Waals surface area contributed by atoms with Crippen LogP contribution in [-0.2, 0) is 14.3 Å². The van der Waals surface area contributed by atoms with Crippen LogP contribution in [-0.4, -0.2) is 38.9 Å². The average Bonchev–Trinajstić information content (AvgIpc) is 3.08. The van der Waals surface area contributed by atoms with Gasteiger partial charge in [-0.25, -0.2) is 0 Å². The number of carbonyl (C=O) groups is 1. The summed E-state index contributed by atoms with van der Waals surface area (Å²) in [5.41, 5.74) is 1.38. The highest BCUT2D eigenvalue weighted by atomic mass is 16.5. The van der Waals surface area contributed by atoms with Crippen LogP contribution < -0.4 is 5.32 Å². The van der Waals surface area contributed by atoms with E-state index in [0.717, 1.165) is 19.4 Å². The van der Waals surface area contributed by atoms with Crippen molar-refractivity contribution in [3.05, 3.63) is 11.6 Å². The van der Waals surface area contributed by atoms with Crippen molar-refractivity contribution in [2.75, 3.05) is 33.0 Å². The predicted molar refractivity (Wildman–Crippen MR) is 104 cm³/mol. The van der Waals surface area contributed by atoms with E-state index >= 15 is 0 Å². The number of ether oxygens (including phenoxy) is 2. The number of rotatable bonds is 14. The molecule has 1 aliphatic rings. The predicted octanol–water partition coefficient (Wildman–Crippen LogP) is 4.34. The molecular weight excluding hydrogens is 314 g/mol. The number of unbranched alkanes of at least 4 members (excludes halogenated alkanes) is 3. The Morgan fingerprint density at radius 1 is 1.00 bits per heavy atom. The fraction of sp³-hybridized carbons (Fsp3) is 0.857. The molecule has 1 rings (SSSR count). The van der Waals surface area contributed by atoms with Gasteiger partial charge in [0.2, 0.25) is 5.91 Å². The maximum atomic E-state index is 12.3. The molecule has 4 heteroatoms. The highest BCUT2D eigenvalue weighted by Gasteiger charge is 2.60. The molecule has 1 fully saturated rings. The van der Waals surface area contributed by atoms with Crippen molar-refractivity contribution in [1.82, 2.24) is 5.32 Å². The van der Waals surface area contributed by atoms with Gasteiger partial charge in [-0.15, -0.1) is 0 Å². The maximum Gasteiger partial charge on any atom is 0.224 e. The van der Waals surface area contributed by atoms with Crippen LogP contribution in [0.25, 0.3) is 0 Å². The Morgan fingerprint density at radius 2 is 1.64 bits per heavy atom. The summed E-state index contributed by atoms with van der Waals surface area (Å²) in [6.07, 6.45) is 8.03. The molecule has 0 saturated heterocycles. The van der Waals surface area contributed by atoms with Crippen molar-refractivity contribution in [1.29, 1.82) is 0 Å². The van der Waals surface area contributed by atoms with E-state index in [1.54, 1.807) is 0 Å². The van der Waals surface area contributed by atoms with Gasteiger partial charge in [0.1, 0.15) is 0 Å². The third kappa shape index (κ3) is 8.37. The van der Waals surface area contributed by atoms with Gasteiger partial charge in [-0.05, 0) is 38.0 Å². The standard InChI is InChI=1S/C21H39NO3/c1-6-7-8-9-12-24-14-15-25-13-10-11-22-20(23)19-18(16-17(2)3)21(19,4)5/h16,18-19H,6-15H2,1-5H3,(H,22,23)/t18-,19-/m1/s1. The largest absolute Gasteiger partial charge is 0.379 e. The summed E-state index contributed by atoms with van der Waals surface area (Å²) in [6, 6.07) is 0. The molecule has 146 valence electrons. The molecule has 0 unspecified atom stereocenters. The van der Waals surface area contributed by atoms with Crippen molar-refractivity contribution < 1.29 is 14.3 Å². The number of allylic oxidation sites excluding steroid dienone is 2. The third-order valence-corrected chi connectivity index (χ3v) is 4.98. The second-order valence-electron chi connectivity index (χ2n) is 8.00. The molecule has 2 atom stereocenters. The van der Waals surface area contributed by atoms with Crippen LogP contribution in [0.3, 0.4) is 0 Å². The Hall–Kier alpha value is -0.870. The second-order valence-corrected chi connectivity index (χ2v) is 8.00. The Bertz CT molecular complexity index is 413. The number of carbonyl (C=O) groups excluding carboxylic acids is 1. The van der Waals surface area contributed by atoms with Crippen molar-refractivity contribution >= 4 is 5.91 Å². The smallest absolute Gasteiger partial charge is 0.224 e. The lowest BCUT2D eigenvalue weighted by Crippen LogP contribution is -2.28. The van der Waals surface area contributed by atoms with Gasteiger partial charge in [-0.1, -0.05) is 51.7 Å². The van der Waals surface area contributed by atoms with Crippen LogP contribution in [0.1, 0.15) is 66.7 Å². The molecule has 0 spiro atoms. The fourth-order valence-electron chi connectivity index (χ4n) is 3.30. The first-order chi connectivity index (χ1) is 11.9. The minimum Gasteiger partial charge on any atom is -0.379 e. The fourth-order valence-corrected chi connectivity index (χ4v) is 3.30. The molecule has 0 radical (unpaired) electrons. The summed E-state index contributed by atoms with van der Waals surface area (Å²) in [6.45, 7) is 14.2. The zero-order valence-electron chi connectivity index (χ0n) is 17.0. The summed E-state index contributed by atoms with van der Waals surface area (Å²) in [5, 5.41) is 3.05. The SMILES string of the molecule is CCCCCCOCCOCCCNC(=O)[C@H]1[C@@H](C=C(C)C)C1(C)C. The zero-order valence-corrected chi connectivity index (χ0v) is 17.0. The maximum absolute atomic E-state index is 12.3. The Balaban J connectivity index is 1.97. The van der Waals surface area contributed by atoms with E-state index in [-0.39, 0.29) is 17.2 Å². The van der Waals surface area contributed by atoms with Gasteiger partial charge in [0.05, 0.1) is 19.1 Å². The molecule has 4 nitrogen and oxygen atoms in total. The second kappa shape index (κ2) is 11.7. The Kier molecular flexibility index (Phi) is 10.4. The molecule has 1 saturated carbocycles. The molecule has 1 aliphatic carbocycles. The number of hydrogen-bond donors (Lipinski definition) is 1. The molecule has 0 aromatic heterocycles. The zero-order chi connectivity index (χ0) is 18.7. The minimum atomic E-state index is 0.0896. The van der Waals surface area contributed by atoms with Crippen LogP contribution in [0.2, 0.25) is 0 Å². The first-order valence-electron chi connectivity index (χ1n) is 9.99. The van der Waals surface area contributed by atoms with Crippen molar-refractivity contribution in [2.24, 2.45) is 17.3 Å². The summed E-state index contributed by atoms with van der Waals surface area (Å²) >= 11 is 0. The Labute approximate surface area is 154 Å². The quantitative estimate of drug-likeness (QED) is 0.373. The van der Waals surface area contributed by atoms with E-state index in [2.05, 4.69) is 46.0 Å². The molecule has 1 N–H and O–H groups in total. The lowest BCUT2D eigenvalue weighted by molar-refractivity contribution is -0.123. The van der Waals surface area contributed by atoms with Gasteiger partial charge in [-0.3, -0.25) is 4.79 Å². The van der Waals surface area contributed by atoms with Gasteiger partial charge < -0.3 is 14.8 Å². The van der Waals surface area contributed by atoms with E-state index in [9.17, 15) is 4.79 Å². The van der Waals surface area contributed by atoms with Gasteiger partial charge >= 0.3 is 0 Å². The summed E-state index contributed by atoms with van der Waals surface area (Å²) < 4.78 is 11.1. The van der Waals surface area contributed by atoms with Crippen molar-refractivity contribution in [3.8, 4) is 0 Å². The Morgan fingerprint density at radius 3 is 2.24 bits per heavy atom. The average molecular weight is 354 g/mol. The van der Waals surface area contributed by atoms with Crippen LogP contribution >= 0.6 is 0 Å². The monoisotopic (exact) mass is 353 g/mol. The highest BCUT2D eigenvalue weighted by molar-refractivity contribution is 5.83. The summed E-state index contributed by atoms with van der Waals surface area (Å²) in [7, 11) is 0. The van der Waals surface area contributed by atoms with E-state index in [1.165, 1.54) is 24.8 Å². The summed E-state index contributed by atoms with van der Waals surface area (Å²) in [4.78, 5) is 12.3. The van der Waals surface area contributed by atoms with E-state index in [1.807, 2.05) is 0 Å². The molecule has 1 amide bonds. The van der Waals surface area contributed by atoms with Crippen LogP contribution in [0.4, 0.5) is 0 Å². The lowest BCUT2D eigenvalue weighted by atomic mass is 10.1. The highest BCUT2D eigenvalue weighted by Crippen LogP contribution is 2.59. The number of hydrogen-bond acceptors (Lipinski definition) is 3. The van der Waals surface area contributed by atoms with Crippen LogP contribution in [0.15, 0.2) is 11.6 Å². The van der Waals surface area contributed by atoms with E-state index in [0.29, 0.717) is 32.3 Å². The minimum absolute atomic E-state index is 0.0896. The molecule has 25 heavy (non-hydrogen) atoms. The molecule has 0 aromatic rings. The van der Waals surface area contributed by atoms with E-state index < -0.39 is 0 Å². The molecule has 0 bridgehead atoms.